The van der Waals surface area contributed by atoms with Crippen LogP contribution in [-0.2, 0) is 4.79 Å². The van der Waals surface area contributed by atoms with Gasteiger partial charge >= 0.3 is 0 Å². The summed E-state index contributed by atoms with van der Waals surface area (Å²) in [6.07, 6.45) is 3.34. The van der Waals surface area contributed by atoms with Crippen molar-refractivity contribution in [3.05, 3.63) is 0 Å². The van der Waals surface area contributed by atoms with Gasteiger partial charge in [0.25, 0.3) is 0 Å². The topological polar surface area (TPSA) is 44.7 Å². The number of hydrogen-bond acceptors (Lipinski definition) is 3. The van der Waals surface area contributed by atoms with E-state index in [2.05, 4.69) is 10.3 Å². The van der Waals surface area contributed by atoms with Crippen molar-refractivity contribution >= 4 is 11.7 Å². The molecule has 1 aliphatic heterocycles. The molecule has 1 aliphatic rings. The molecule has 4 nitrogen and oxygen atoms in total. The van der Waals surface area contributed by atoms with Gasteiger partial charge in [-0.05, 0) is 12.8 Å². The van der Waals surface area contributed by atoms with Gasteiger partial charge in [0.05, 0.1) is 12.4 Å². The maximum absolute atomic E-state index is 11.2. The zero-order valence-corrected chi connectivity index (χ0v) is 8.34. The van der Waals surface area contributed by atoms with Crippen molar-refractivity contribution < 1.29 is 4.79 Å². The van der Waals surface area contributed by atoms with Gasteiger partial charge in [-0.25, -0.2) is 0 Å². The Morgan fingerprint density at radius 1 is 1.54 bits per heavy atom. The number of carbonyl (C=O) groups excluding carboxylic acids is 1. The van der Waals surface area contributed by atoms with E-state index in [-0.39, 0.29) is 5.91 Å². The van der Waals surface area contributed by atoms with E-state index < -0.39 is 0 Å². The normalized spacial score (nSPS) is 16.3. The Bertz CT molecular complexity index is 211. The maximum Gasteiger partial charge on any atom is 0.241 e. The SMILES string of the molecule is CN(C)C(=O)CNC1=NCCCC1. The predicted octanol–water partition coefficient (Wildman–Crippen LogP) is 0.247. The first-order valence-corrected chi connectivity index (χ1v) is 4.67. The quantitative estimate of drug-likeness (QED) is 0.667. The molecule has 1 heterocycles. The van der Waals surface area contributed by atoms with Crippen LogP contribution in [0.1, 0.15) is 19.3 Å². The van der Waals surface area contributed by atoms with Crippen LogP contribution in [0, 0.1) is 0 Å². The van der Waals surface area contributed by atoms with Crippen LogP contribution in [0.2, 0.25) is 0 Å². The van der Waals surface area contributed by atoms with Gasteiger partial charge < -0.3 is 10.2 Å². The van der Waals surface area contributed by atoms with E-state index in [9.17, 15) is 4.79 Å². The Kier molecular flexibility index (Phi) is 3.73. The van der Waals surface area contributed by atoms with Crippen molar-refractivity contribution in [3.63, 3.8) is 0 Å². The molecule has 0 unspecified atom stereocenters. The molecule has 74 valence electrons. The molecule has 0 bridgehead atoms. The number of amides is 1. The molecule has 0 saturated carbocycles. The molecule has 1 amide bonds. The Morgan fingerprint density at radius 2 is 2.31 bits per heavy atom. The van der Waals surface area contributed by atoms with Gasteiger partial charge in [-0.1, -0.05) is 0 Å². The van der Waals surface area contributed by atoms with Crippen LogP contribution >= 0.6 is 0 Å². The highest BCUT2D eigenvalue weighted by atomic mass is 16.2. The average molecular weight is 183 g/mol. The highest BCUT2D eigenvalue weighted by molar-refractivity contribution is 5.87. The van der Waals surface area contributed by atoms with Gasteiger partial charge in [-0.15, -0.1) is 0 Å². The standard InChI is InChI=1S/C9H17N3O/c1-12(2)9(13)7-11-8-5-3-4-6-10-8/h3-7H2,1-2H3,(H,10,11). The number of nitrogens with zero attached hydrogens (tertiary/aromatic N) is 2. The van der Waals surface area contributed by atoms with Gasteiger partial charge in [0.15, 0.2) is 0 Å². The predicted molar refractivity (Wildman–Crippen MR) is 52.8 cm³/mol. The lowest BCUT2D eigenvalue weighted by molar-refractivity contribution is -0.127. The third-order valence-corrected chi connectivity index (χ3v) is 2.07. The third-order valence-electron chi connectivity index (χ3n) is 2.07. The van der Waals surface area contributed by atoms with E-state index in [1.807, 2.05) is 0 Å². The molecule has 0 aromatic carbocycles. The van der Waals surface area contributed by atoms with E-state index in [0.717, 1.165) is 18.8 Å². The summed E-state index contributed by atoms with van der Waals surface area (Å²) in [6.45, 7) is 1.27. The lowest BCUT2D eigenvalue weighted by Gasteiger charge is -2.15. The molecule has 1 rings (SSSR count). The van der Waals surface area contributed by atoms with Crippen LogP contribution in [0.5, 0.6) is 0 Å². The fourth-order valence-electron chi connectivity index (χ4n) is 1.18. The van der Waals surface area contributed by atoms with Crippen molar-refractivity contribution in [1.82, 2.24) is 10.2 Å². The van der Waals surface area contributed by atoms with Crippen LogP contribution in [-0.4, -0.2) is 43.8 Å². The number of aliphatic imine (C=N–C) groups is 1. The average Bonchev–Trinajstić information content (AvgIpc) is 2.15. The summed E-state index contributed by atoms with van der Waals surface area (Å²) in [6, 6.07) is 0. The lowest BCUT2D eigenvalue weighted by Crippen LogP contribution is -2.36. The molecule has 0 atom stereocenters. The molecule has 0 spiro atoms. The third kappa shape index (κ3) is 3.44. The molecule has 0 fully saturated rings. The van der Waals surface area contributed by atoms with Crippen LogP contribution in [0.3, 0.4) is 0 Å². The Hall–Kier alpha value is -1.06. The van der Waals surface area contributed by atoms with Crippen molar-refractivity contribution in [2.24, 2.45) is 4.99 Å². The second kappa shape index (κ2) is 4.84. The Morgan fingerprint density at radius 3 is 2.85 bits per heavy atom. The summed E-state index contributed by atoms with van der Waals surface area (Å²) in [5.41, 5.74) is 0. The monoisotopic (exact) mass is 183 g/mol. The van der Waals surface area contributed by atoms with Gasteiger partial charge in [0.2, 0.25) is 5.91 Å². The summed E-state index contributed by atoms with van der Waals surface area (Å²) in [5, 5.41) is 3.06. The van der Waals surface area contributed by atoms with Gasteiger partial charge in [0, 0.05) is 27.1 Å². The Labute approximate surface area is 79.0 Å². The lowest BCUT2D eigenvalue weighted by atomic mass is 10.2. The maximum atomic E-state index is 11.2. The number of amidine groups is 1. The molecule has 0 aromatic heterocycles. The molecular weight excluding hydrogens is 166 g/mol. The number of hydrogen-bond donors (Lipinski definition) is 1. The smallest absolute Gasteiger partial charge is 0.241 e. The minimum atomic E-state index is 0.0910. The fraction of sp³-hybridized carbons (Fsp3) is 0.778. The number of carbonyl (C=O) groups is 1. The summed E-state index contributed by atoms with van der Waals surface area (Å²) in [7, 11) is 3.51. The van der Waals surface area contributed by atoms with Crippen LogP contribution < -0.4 is 5.32 Å². The first-order valence-electron chi connectivity index (χ1n) is 4.67. The van der Waals surface area contributed by atoms with E-state index in [0.29, 0.717) is 6.54 Å². The van der Waals surface area contributed by atoms with Crippen molar-refractivity contribution in [2.45, 2.75) is 19.3 Å². The molecule has 0 radical (unpaired) electrons. The van der Waals surface area contributed by atoms with Crippen molar-refractivity contribution in [2.75, 3.05) is 27.2 Å². The van der Waals surface area contributed by atoms with E-state index in [1.54, 1.807) is 19.0 Å². The molecular formula is C9H17N3O. The summed E-state index contributed by atoms with van der Waals surface area (Å²) in [4.78, 5) is 17.1. The minimum absolute atomic E-state index is 0.0910. The van der Waals surface area contributed by atoms with E-state index in [1.165, 1.54) is 12.8 Å². The van der Waals surface area contributed by atoms with Crippen molar-refractivity contribution in [3.8, 4) is 0 Å². The first-order chi connectivity index (χ1) is 6.20. The van der Waals surface area contributed by atoms with Crippen LogP contribution in [0.25, 0.3) is 0 Å². The van der Waals surface area contributed by atoms with Gasteiger partial charge in [-0.3, -0.25) is 9.79 Å². The molecule has 0 aliphatic carbocycles. The first kappa shape index (κ1) is 10.0. The molecule has 4 heteroatoms. The second-order valence-electron chi connectivity index (χ2n) is 3.43. The van der Waals surface area contributed by atoms with Gasteiger partial charge in [0.1, 0.15) is 0 Å². The van der Waals surface area contributed by atoms with Crippen LogP contribution in [0.15, 0.2) is 4.99 Å². The van der Waals surface area contributed by atoms with Crippen molar-refractivity contribution in [1.29, 1.82) is 0 Å². The summed E-state index contributed by atoms with van der Waals surface area (Å²) < 4.78 is 0. The van der Waals surface area contributed by atoms with E-state index in [4.69, 9.17) is 0 Å². The second-order valence-corrected chi connectivity index (χ2v) is 3.43. The molecule has 0 aromatic rings. The fourth-order valence-corrected chi connectivity index (χ4v) is 1.18. The zero-order valence-electron chi connectivity index (χ0n) is 8.34. The molecule has 0 saturated heterocycles. The number of rotatable bonds is 2. The largest absolute Gasteiger partial charge is 0.365 e. The highest BCUT2D eigenvalue weighted by Crippen LogP contribution is 2.03. The number of likely N-dealkylation sites (N-methyl/N-ethyl adjacent to an activating group) is 1. The highest BCUT2D eigenvalue weighted by Gasteiger charge is 2.07. The van der Waals surface area contributed by atoms with E-state index >= 15 is 0 Å². The molecule has 13 heavy (non-hydrogen) atoms. The van der Waals surface area contributed by atoms with Gasteiger partial charge in [-0.2, -0.15) is 0 Å². The zero-order chi connectivity index (χ0) is 9.68. The Balaban J connectivity index is 2.25. The van der Waals surface area contributed by atoms with Crippen LogP contribution in [0.4, 0.5) is 0 Å². The minimum Gasteiger partial charge on any atom is -0.365 e. The molecule has 1 N–H and O–H groups in total. The number of nitrogens with one attached hydrogen (secondary N) is 1. The summed E-state index contributed by atoms with van der Waals surface area (Å²) in [5.74, 6) is 1.08. The summed E-state index contributed by atoms with van der Waals surface area (Å²) >= 11 is 0.